The molecule has 13 heavy (non-hydrogen) atoms. The molecule has 3 heteroatoms. The predicted octanol–water partition coefficient (Wildman–Crippen LogP) is 0.403. The van der Waals surface area contributed by atoms with Crippen LogP contribution in [0, 0.1) is 0 Å². The first-order chi connectivity index (χ1) is 6.27. The van der Waals surface area contributed by atoms with Gasteiger partial charge in [-0.15, -0.1) is 0 Å². The molecule has 0 aromatic carbocycles. The van der Waals surface area contributed by atoms with Crippen molar-refractivity contribution in [2.24, 2.45) is 0 Å². The van der Waals surface area contributed by atoms with E-state index in [0.29, 0.717) is 0 Å². The lowest BCUT2D eigenvalue weighted by molar-refractivity contribution is 0.108. The fourth-order valence-electron chi connectivity index (χ4n) is 2.54. The number of hydrogen-bond acceptors (Lipinski definition) is 3. The third-order valence-electron chi connectivity index (χ3n) is 3.39. The topological polar surface area (TPSA) is 52.5 Å². The molecule has 2 fully saturated rings. The molecule has 0 aromatic rings. The lowest BCUT2D eigenvalue weighted by Gasteiger charge is -2.23. The first-order valence-corrected chi connectivity index (χ1v) is 5.39. The van der Waals surface area contributed by atoms with Crippen molar-refractivity contribution in [2.75, 3.05) is 0 Å². The number of aliphatic hydroxyl groups excluding tert-OH is 2. The Bertz CT molecular complexity index is 156. The molecule has 3 nitrogen and oxygen atoms in total. The third kappa shape index (κ3) is 2.03. The number of rotatable bonds is 2. The van der Waals surface area contributed by atoms with E-state index in [2.05, 4.69) is 5.32 Å². The maximum atomic E-state index is 9.59. The molecule has 2 aliphatic carbocycles. The molecule has 0 bridgehead atoms. The Morgan fingerprint density at radius 2 is 1.23 bits per heavy atom. The molecule has 0 radical (unpaired) electrons. The highest BCUT2D eigenvalue weighted by Crippen LogP contribution is 2.24. The summed E-state index contributed by atoms with van der Waals surface area (Å²) in [6.45, 7) is 0. The molecule has 1 unspecified atom stereocenters. The van der Waals surface area contributed by atoms with Gasteiger partial charge in [-0.05, 0) is 38.5 Å². The van der Waals surface area contributed by atoms with Gasteiger partial charge in [-0.25, -0.2) is 0 Å². The molecule has 3 N–H and O–H groups in total. The van der Waals surface area contributed by atoms with Crippen molar-refractivity contribution < 1.29 is 10.2 Å². The van der Waals surface area contributed by atoms with Crippen LogP contribution in [0.3, 0.4) is 0 Å². The molecule has 0 amide bonds. The second-order valence-corrected chi connectivity index (χ2v) is 4.38. The average Bonchev–Trinajstić information content (AvgIpc) is 2.65. The van der Waals surface area contributed by atoms with Crippen LogP contribution in [0.4, 0.5) is 0 Å². The summed E-state index contributed by atoms with van der Waals surface area (Å²) in [6, 6.07) is 0.468. The van der Waals surface area contributed by atoms with Crippen LogP contribution >= 0.6 is 0 Å². The van der Waals surface area contributed by atoms with Crippen molar-refractivity contribution in [1.29, 1.82) is 0 Å². The summed E-state index contributed by atoms with van der Waals surface area (Å²) in [5.74, 6) is 0. The Balaban J connectivity index is 1.82. The van der Waals surface area contributed by atoms with Crippen LogP contribution in [-0.2, 0) is 0 Å². The van der Waals surface area contributed by atoms with E-state index < -0.39 is 0 Å². The van der Waals surface area contributed by atoms with Gasteiger partial charge in [0, 0.05) is 12.1 Å². The molecular formula is C10H19NO2. The first-order valence-electron chi connectivity index (χ1n) is 5.39. The van der Waals surface area contributed by atoms with Crippen molar-refractivity contribution >= 4 is 0 Å². The fourth-order valence-corrected chi connectivity index (χ4v) is 2.54. The van der Waals surface area contributed by atoms with Gasteiger partial charge < -0.3 is 15.5 Å². The lowest BCUT2D eigenvalue weighted by Crippen LogP contribution is -2.45. The van der Waals surface area contributed by atoms with Crippen LogP contribution in [-0.4, -0.2) is 34.5 Å². The van der Waals surface area contributed by atoms with Gasteiger partial charge in [0.05, 0.1) is 12.2 Å². The normalized spacial score (nSPS) is 45.7. The van der Waals surface area contributed by atoms with Gasteiger partial charge in [-0.3, -0.25) is 0 Å². The summed E-state index contributed by atoms with van der Waals surface area (Å²) in [5.41, 5.74) is 0. The minimum absolute atomic E-state index is 0.187. The Morgan fingerprint density at radius 1 is 0.769 bits per heavy atom. The number of hydrogen-bond donors (Lipinski definition) is 3. The van der Waals surface area contributed by atoms with Gasteiger partial charge >= 0.3 is 0 Å². The molecule has 2 rings (SSSR count). The SMILES string of the molecule is O[C@@H]1CCCC1N[C@H]1CCC[C@@H]1O. The van der Waals surface area contributed by atoms with Crippen LogP contribution < -0.4 is 5.32 Å². The molecule has 76 valence electrons. The smallest absolute Gasteiger partial charge is 0.0693 e. The second-order valence-electron chi connectivity index (χ2n) is 4.38. The standard InChI is InChI=1S/C10H19NO2/c12-9-5-1-3-7(9)11-8-4-2-6-10(8)13/h7-13H,1-6H2/t7-,8?,9-,10+/m0/s1. The summed E-state index contributed by atoms with van der Waals surface area (Å²) >= 11 is 0. The highest BCUT2D eigenvalue weighted by atomic mass is 16.3. The minimum Gasteiger partial charge on any atom is -0.392 e. The zero-order chi connectivity index (χ0) is 9.26. The van der Waals surface area contributed by atoms with Crippen molar-refractivity contribution in [3.8, 4) is 0 Å². The van der Waals surface area contributed by atoms with Gasteiger partial charge in [0.25, 0.3) is 0 Å². The van der Waals surface area contributed by atoms with E-state index >= 15 is 0 Å². The summed E-state index contributed by atoms with van der Waals surface area (Å²) in [7, 11) is 0. The van der Waals surface area contributed by atoms with Crippen LogP contribution in [0.5, 0.6) is 0 Å². The maximum Gasteiger partial charge on any atom is 0.0693 e. The van der Waals surface area contributed by atoms with E-state index in [4.69, 9.17) is 0 Å². The Labute approximate surface area is 79.2 Å². The minimum atomic E-state index is -0.187. The van der Waals surface area contributed by atoms with E-state index in [1.165, 1.54) is 0 Å². The summed E-state index contributed by atoms with van der Waals surface area (Å²) in [5, 5.41) is 22.6. The summed E-state index contributed by atoms with van der Waals surface area (Å²) < 4.78 is 0. The average molecular weight is 185 g/mol. The van der Waals surface area contributed by atoms with Crippen molar-refractivity contribution in [3.05, 3.63) is 0 Å². The molecule has 2 saturated carbocycles. The highest BCUT2D eigenvalue weighted by Gasteiger charge is 2.31. The number of nitrogens with one attached hydrogen (secondary N) is 1. The molecule has 0 aliphatic heterocycles. The van der Waals surface area contributed by atoms with E-state index in [9.17, 15) is 10.2 Å². The molecule has 0 aromatic heterocycles. The predicted molar refractivity (Wildman–Crippen MR) is 50.4 cm³/mol. The Hall–Kier alpha value is -0.120. The van der Waals surface area contributed by atoms with Gasteiger partial charge in [-0.2, -0.15) is 0 Å². The molecule has 4 atom stereocenters. The molecule has 0 spiro atoms. The quantitative estimate of drug-likeness (QED) is 0.584. The molecule has 2 aliphatic rings. The summed E-state index contributed by atoms with van der Waals surface area (Å²) in [6.07, 6.45) is 5.81. The van der Waals surface area contributed by atoms with Crippen molar-refractivity contribution in [2.45, 2.75) is 62.8 Å². The summed E-state index contributed by atoms with van der Waals surface area (Å²) in [4.78, 5) is 0. The van der Waals surface area contributed by atoms with E-state index in [1.807, 2.05) is 0 Å². The van der Waals surface area contributed by atoms with Crippen LogP contribution in [0.1, 0.15) is 38.5 Å². The Kier molecular flexibility index (Phi) is 2.86. The molecule has 0 heterocycles. The first kappa shape index (κ1) is 9.44. The lowest BCUT2D eigenvalue weighted by atomic mass is 10.1. The Morgan fingerprint density at radius 3 is 1.54 bits per heavy atom. The van der Waals surface area contributed by atoms with E-state index in [0.717, 1.165) is 38.5 Å². The maximum absolute atomic E-state index is 9.59. The van der Waals surface area contributed by atoms with Gasteiger partial charge in [-0.1, -0.05) is 0 Å². The zero-order valence-electron chi connectivity index (χ0n) is 7.95. The second kappa shape index (κ2) is 3.95. The highest BCUT2D eigenvalue weighted by molar-refractivity contribution is 4.90. The van der Waals surface area contributed by atoms with E-state index in [1.54, 1.807) is 0 Å². The van der Waals surface area contributed by atoms with Gasteiger partial charge in [0.1, 0.15) is 0 Å². The van der Waals surface area contributed by atoms with Gasteiger partial charge in [0.2, 0.25) is 0 Å². The molecular weight excluding hydrogens is 166 g/mol. The van der Waals surface area contributed by atoms with Crippen LogP contribution in [0.15, 0.2) is 0 Å². The number of aliphatic hydroxyl groups is 2. The van der Waals surface area contributed by atoms with E-state index in [-0.39, 0.29) is 24.3 Å². The molecule has 0 saturated heterocycles. The van der Waals surface area contributed by atoms with Crippen LogP contribution in [0.25, 0.3) is 0 Å². The van der Waals surface area contributed by atoms with Crippen molar-refractivity contribution in [1.82, 2.24) is 5.32 Å². The van der Waals surface area contributed by atoms with Crippen LogP contribution in [0.2, 0.25) is 0 Å². The van der Waals surface area contributed by atoms with Crippen molar-refractivity contribution in [3.63, 3.8) is 0 Å². The monoisotopic (exact) mass is 185 g/mol. The zero-order valence-corrected chi connectivity index (χ0v) is 7.95. The fraction of sp³-hybridized carbons (Fsp3) is 1.00. The third-order valence-corrected chi connectivity index (χ3v) is 3.39. The largest absolute Gasteiger partial charge is 0.392 e. The van der Waals surface area contributed by atoms with Gasteiger partial charge in [0.15, 0.2) is 0 Å².